The fourth-order valence-electron chi connectivity index (χ4n) is 2.14. The van der Waals surface area contributed by atoms with E-state index in [1.807, 2.05) is 13.8 Å². The number of carbonyl (C=O) groups excluding carboxylic acids is 1. The molecule has 1 saturated heterocycles. The molecule has 1 aliphatic rings. The highest BCUT2D eigenvalue weighted by Crippen LogP contribution is 2.37. The molecule has 1 amide bonds. The fraction of sp³-hybridized carbons (Fsp3) is 0.636. The topological polar surface area (TPSA) is 33.2 Å². The minimum Gasteiger partial charge on any atom is -0.335 e. The Hall–Kier alpha value is -0.820. The summed E-state index contributed by atoms with van der Waals surface area (Å²) < 4.78 is 38.1. The number of nitrogens with zero attached hydrogens (tertiary/aromatic N) is 2. The quantitative estimate of drug-likeness (QED) is 0.792. The number of thiazole rings is 1. The number of halogens is 4. The summed E-state index contributed by atoms with van der Waals surface area (Å²) >= 11 is 6.11. The molecule has 2 rings (SSSR count). The summed E-state index contributed by atoms with van der Waals surface area (Å²) in [4.78, 5) is 16.5. The number of alkyl halides is 3. The van der Waals surface area contributed by atoms with E-state index in [0.29, 0.717) is 17.9 Å². The summed E-state index contributed by atoms with van der Waals surface area (Å²) in [6, 6.07) is -0.0746. The van der Waals surface area contributed by atoms with Gasteiger partial charge in [-0.1, -0.05) is 29.9 Å². The molecule has 106 valence electrons. The van der Waals surface area contributed by atoms with Gasteiger partial charge >= 0.3 is 6.18 Å². The third-order valence-electron chi connectivity index (χ3n) is 3.47. The summed E-state index contributed by atoms with van der Waals surface area (Å²) in [5, 5.41) is 0. The summed E-state index contributed by atoms with van der Waals surface area (Å²) in [6.07, 6.45) is -3.87. The molecule has 0 aromatic carbocycles. The summed E-state index contributed by atoms with van der Waals surface area (Å²) in [5.41, 5.74) is -1.18. The van der Waals surface area contributed by atoms with Crippen molar-refractivity contribution in [3.05, 3.63) is 15.0 Å². The van der Waals surface area contributed by atoms with Gasteiger partial charge in [-0.25, -0.2) is 4.98 Å². The van der Waals surface area contributed by atoms with Crippen molar-refractivity contribution in [1.82, 2.24) is 9.88 Å². The standard InChI is InChI=1S/C11H12ClF3N2OS/c1-5-3-4-17(6(5)2)9(18)7-8(11(13,14)15)16-10(12)19-7/h5-6H,3-4H2,1-2H3. The van der Waals surface area contributed by atoms with Gasteiger partial charge in [0.1, 0.15) is 4.88 Å². The minimum atomic E-state index is -4.66. The SMILES string of the molecule is CC1CCN(C(=O)c2sc(Cl)nc2C(F)(F)F)C1C. The Bertz CT molecular complexity index is 503. The van der Waals surface area contributed by atoms with E-state index in [2.05, 4.69) is 4.98 Å². The van der Waals surface area contributed by atoms with E-state index in [1.165, 1.54) is 4.90 Å². The first-order valence-electron chi connectivity index (χ1n) is 5.76. The van der Waals surface area contributed by atoms with Gasteiger partial charge < -0.3 is 4.90 Å². The Morgan fingerprint density at radius 2 is 2.11 bits per heavy atom. The lowest BCUT2D eigenvalue weighted by Crippen LogP contribution is -2.36. The van der Waals surface area contributed by atoms with Gasteiger partial charge in [-0.3, -0.25) is 4.79 Å². The van der Waals surface area contributed by atoms with E-state index in [0.717, 1.165) is 6.42 Å². The Morgan fingerprint density at radius 1 is 1.47 bits per heavy atom. The molecule has 3 nitrogen and oxygen atoms in total. The number of rotatable bonds is 1. The van der Waals surface area contributed by atoms with E-state index in [4.69, 9.17) is 11.6 Å². The van der Waals surface area contributed by atoms with Crippen LogP contribution in [0, 0.1) is 5.92 Å². The monoisotopic (exact) mass is 312 g/mol. The molecule has 1 aliphatic heterocycles. The van der Waals surface area contributed by atoms with Gasteiger partial charge in [-0.05, 0) is 19.3 Å². The fourth-order valence-corrected chi connectivity index (χ4v) is 3.23. The first-order valence-corrected chi connectivity index (χ1v) is 6.95. The molecule has 1 fully saturated rings. The molecule has 2 atom stereocenters. The van der Waals surface area contributed by atoms with Crippen LogP contribution in [0.15, 0.2) is 0 Å². The first-order chi connectivity index (χ1) is 8.71. The van der Waals surface area contributed by atoms with Crippen LogP contribution in [-0.2, 0) is 6.18 Å². The highest BCUT2D eigenvalue weighted by Gasteiger charge is 2.42. The van der Waals surface area contributed by atoms with Gasteiger partial charge in [0.05, 0.1) is 0 Å². The zero-order chi connectivity index (χ0) is 14.4. The average molecular weight is 313 g/mol. The van der Waals surface area contributed by atoms with Gasteiger partial charge in [-0.2, -0.15) is 13.2 Å². The highest BCUT2D eigenvalue weighted by molar-refractivity contribution is 7.17. The molecule has 8 heteroatoms. The third kappa shape index (κ3) is 2.72. The second-order valence-corrected chi connectivity index (χ2v) is 6.23. The van der Waals surface area contributed by atoms with E-state index in [-0.39, 0.29) is 16.4 Å². The molecule has 0 saturated carbocycles. The molecular weight excluding hydrogens is 301 g/mol. The predicted molar refractivity (Wildman–Crippen MR) is 66.4 cm³/mol. The summed E-state index contributed by atoms with van der Waals surface area (Å²) in [7, 11) is 0. The van der Waals surface area contributed by atoms with Crippen molar-refractivity contribution in [3.63, 3.8) is 0 Å². The van der Waals surface area contributed by atoms with Gasteiger partial charge in [0.15, 0.2) is 10.2 Å². The van der Waals surface area contributed by atoms with Crippen LogP contribution in [-0.4, -0.2) is 28.4 Å². The smallest absolute Gasteiger partial charge is 0.335 e. The molecule has 0 bridgehead atoms. The molecule has 19 heavy (non-hydrogen) atoms. The molecule has 0 N–H and O–H groups in total. The number of likely N-dealkylation sites (tertiary alicyclic amines) is 1. The highest BCUT2D eigenvalue weighted by atomic mass is 35.5. The number of hydrogen-bond donors (Lipinski definition) is 0. The Labute approximate surface area is 117 Å². The lowest BCUT2D eigenvalue weighted by Gasteiger charge is -2.23. The number of amides is 1. The number of carbonyl (C=O) groups is 1. The molecule has 0 spiro atoms. The normalized spacial score (nSPS) is 24.0. The number of aromatic nitrogens is 1. The van der Waals surface area contributed by atoms with Crippen LogP contribution in [0.5, 0.6) is 0 Å². The van der Waals surface area contributed by atoms with Gasteiger partial charge in [-0.15, -0.1) is 0 Å². The molecule has 2 heterocycles. The summed E-state index contributed by atoms with van der Waals surface area (Å²) in [6.45, 7) is 4.28. The average Bonchev–Trinajstić information content (AvgIpc) is 2.83. The second-order valence-electron chi connectivity index (χ2n) is 4.65. The maximum absolute atomic E-state index is 12.8. The Kier molecular flexibility index (Phi) is 3.79. The van der Waals surface area contributed by atoms with Crippen molar-refractivity contribution in [1.29, 1.82) is 0 Å². The lowest BCUT2D eigenvalue weighted by molar-refractivity contribution is -0.141. The van der Waals surface area contributed by atoms with Crippen LogP contribution in [0.25, 0.3) is 0 Å². The van der Waals surface area contributed by atoms with Crippen LogP contribution in [0.4, 0.5) is 13.2 Å². The van der Waals surface area contributed by atoms with Crippen LogP contribution >= 0.6 is 22.9 Å². The van der Waals surface area contributed by atoms with Crippen molar-refractivity contribution in [2.24, 2.45) is 5.92 Å². The lowest BCUT2D eigenvalue weighted by atomic mass is 10.1. The minimum absolute atomic E-state index is 0.0746. The van der Waals surface area contributed by atoms with E-state index in [1.54, 1.807) is 0 Å². The Balaban J connectivity index is 2.35. The van der Waals surface area contributed by atoms with Crippen molar-refractivity contribution in [3.8, 4) is 0 Å². The Morgan fingerprint density at radius 3 is 2.58 bits per heavy atom. The van der Waals surface area contributed by atoms with Crippen molar-refractivity contribution >= 4 is 28.8 Å². The number of hydrogen-bond acceptors (Lipinski definition) is 3. The first kappa shape index (κ1) is 14.6. The maximum Gasteiger partial charge on any atom is 0.435 e. The van der Waals surface area contributed by atoms with Gasteiger partial charge in [0.25, 0.3) is 5.91 Å². The predicted octanol–water partition coefficient (Wildman–Crippen LogP) is 3.69. The van der Waals surface area contributed by atoms with Crippen LogP contribution in [0.2, 0.25) is 4.47 Å². The van der Waals surface area contributed by atoms with Crippen LogP contribution in [0.1, 0.15) is 35.6 Å². The van der Waals surface area contributed by atoms with Gasteiger partial charge in [0, 0.05) is 12.6 Å². The molecule has 1 aromatic heterocycles. The van der Waals surface area contributed by atoms with Crippen molar-refractivity contribution < 1.29 is 18.0 Å². The second kappa shape index (κ2) is 4.94. The zero-order valence-electron chi connectivity index (χ0n) is 10.3. The van der Waals surface area contributed by atoms with E-state index in [9.17, 15) is 18.0 Å². The van der Waals surface area contributed by atoms with E-state index >= 15 is 0 Å². The van der Waals surface area contributed by atoms with Crippen LogP contribution in [0.3, 0.4) is 0 Å². The molecule has 2 unspecified atom stereocenters. The van der Waals surface area contributed by atoms with Crippen molar-refractivity contribution in [2.45, 2.75) is 32.5 Å². The van der Waals surface area contributed by atoms with Gasteiger partial charge in [0.2, 0.25) is 0 Å². The van der Waals surface area contributed by atoms with Crippen molar-refractivity contribution in [2.75, 3.05) is 6.54 Å². The third-order valence-corrected chi connectivity index (χ3v) is 4.61. The maximum atomic E-state index is 12.8. The molecular formula is C11H12ClF3N2OS. The van der Waals surface area contributed by atoms with E-state index < -0.39 is 22.7 Å². The molecule has 0 aliphatic carbocycles. The summed E-state index contributed by atoms with van der Waals surface area (Å²) in [5.74, 6) is -0.352. The van der Waals surface area contributed by atoms with Crippen LogP contribution < -0.4 is 0 Å². The zero-order valence-corrected chi connectivity index (χ0v) is 11.9. The molecule has 1 aromatic rings. The largest absolute Gasteiger partial charge is 0.435 e. The molecule has 0 radical (unpaired) electrons.